The maximum Gasteiger partial charge on any atom is 0.358 e. The zero-order chi connectivity index (χ0) is 14.7. The summed E-state index contributed by atoms with van der Waals surface area (Å²) in [5.74, 6) is 2.65. The number of hydrogen-bond acceptors (Lipinski definition) is 6. The Kier molecular flexibility index (Phi) is 2.86. The van der Waals surface area contributed by atoms with Gasteiger partial charge in [0.2, 0.25) is 0 Å². The Balaban J connectivity index is 1.54. The molecule has 0 saturated heterocycles. The number of nitrogens with zero attached hydrogens (tertiary/aromatic N) is 1. The third-order valence-corrected chi connectivity index (χ3v) is 6.44. The highest BCUT2D eigenvalue weighted by Crippen LogP contribution is 2.66. The van der Waals surface area contributed by atoms with Gasteiger partial charge in [-0.3, -0.25) is 4.79 Å². The van der Waals surface area contributed by atoms with Crippen LogP contribution in [0.3, 0.4) is 0 Å². The van der Waals surface area contributed by atoms with Gasteiger partial charge in [-0.05, 0) is 42.9 Å². The maximum atomic E-state index is 11.7. The van der Waals surface area contributed by atoms with Crippen molar-refractivity contribution in [1.29, 1.82) is 0 Å². The summed E-state index contributed by atoms with van der Waals surface area (Å²) < 4.78 is 4.70. The number of fused-ring (bicyclic) bond motifs is 5. The Morgan fingerprint density at radius 1 is 1.29 bits per heavy atom. The minimum absolute atomic E-state index is 0.142. The first-order valence-electron chi connectivity index (χ1n) is 7.46. The molecular weight excluding hydrogens is 288 g/mol. The average molecular weight is 306 g/mol. The molecule has 3 fully saturated rings. The molecule has 0 radical (unpaired) electrons. The van der Waals surface area contributed by atoms with E-state index in [1.54, 1.807) is 0 Å². The van der Waals surface area contributed by atoms with Crippen molar-refractivity contribution < 1.29 is 14.3 Å². The van der Waals surface area contributed by atoms with Crippen LogP contribution in [-0.4, -0.2) is 29.9 Å². The Morgan fingerprint density at radius 2 is 1.95 bits per heavy atom. The number of anilines is 1. The summed E-state index contributed by atoms with van der Waals surface area (Å²) in [6.45, 7) is 1.45. The molecule has 1 aromatic rings. The van der Waals surface area contributed by atoms with Gasteiger partial charge in [0.05, 0.1) is 7.11 Å². The fourth-order valence-corrected chi connectivity index (χ4v) is 5.41. The molecule has 3 aliphatic rings. The molecule has 1 aromatic heterocycles. The number of nitrogens with one attached hydrogen (secondary N) is 1. The number of rotatable bonds is 4. The third-order valence-electron chi connectivity index (χ3n) is 5.35. The number of esters is 1. The van der Waals surface area contributed by atoms with Crippen LogP contribution in [0.5, 0.6) is 0 Å². The molecule has 4 rings (SSSR count). The number of carbonyl (C=O) groups is 2. The summed E-state index contributed by atoms with van der Waals surface area (Å²) in [5, 5.41) is 4.14. The molecule has 4 atom stereocenters. The van der Waals surface area contributed by atoms with Crippen LogP contribution in [0, 0.1) is 23.7 Å². The smallest absolute Gasteiger partial charge is 0.358 e. The van der Waals surface area contributed by atoms with Crippen molar-refractivity contribution in [3.8, 4) is 0 Å². The second-order valence-corrected chi connectivity index (χ2v) is 7.40. The predicted molar refractivity (Wildman–Crippen MR) is 78.7 cm³/mol. The Hall–Kier alpha value is -1.43. The number of methoxy groups -OCH3 is 1. The highest BCUT2D eigenvalue weighted by molar-refractivity contribution is 7.17. The molecule has 0 aromatic carbocycles. The average Bonchev–Trinajstić information content (AvgIpc) is 2.89. The fourth-order valence-electron chi connectivity index (χ4n) is 4.52. The largest absolute Gasteiger partial charge is 0.464 e. The van der Waals surface area contributed by atoms with Gasteiger partial charge in [0.15, 0.2) is 16.6 Å². The van der Waals surface area contributed by atoms with E-state index in [2.05, 4.69) is 10.3 Å². The van der Waals surface area contributed by atoms with Crippen molar-refractivity contribution in [2.24, 2.45) is 23.7 Å². The summed E-state index contributed by atoms with van der Waals surface area (Å²) in [6, 6.07) is 0.493. The number of ether oxygens (including phenoxy) is 1. The van der Waals surface area contributed by atoms with Crippen molar-refractivity contribution in [3.05, 3.63) is 10.6 Å². The van der Waals surface area contributed by atoms with Gasteiger partial charge in [-0.2, -0.15) is 0 Å². The predicted octanol–water partition coefficient (Wildman–Crippen LogP) is 2.59. The molecular formula is C15H18N2O3S. The van der Waals surface area contributed by atoms with Crippen molar-refractivity contribution in [1.82, 2.24) is 4.98 Å². The summed E-state index contributed by atoms with van der Waals surface area (Å²) in [4.78, 5) is 28.0. The van der Waals surface area contributed by atoms with E-state index < -0.39 is 5.97 Å². The lowest BCUT2D eigenvalue weighted by Crippen LogP contribution is -2.13. The standard InChI is InChI=1S/C15H18N2O3S/c1-6(18)13-12(14(19)20-2)17-15(21-13)16-11-9-7-3-4-8(5-7)10(9)11/h7-11H,3-5H2,1-2H3,(H,16,17). The topological polar surface area (TPSA) is 68.3 Å². The van der Waals surface area contributed by atoms with E-state index >= 15 is 0 Å². The molecule has 21 heavy (non-hydrogen) atoms. The first kappa shape index (κ1) is 13.2. The molecule has 0 amide bonds. The number of ketones is 1. The molecule has 1 N–H and O–H groups in total. The zero-order valence-corrected chi connectivity index (χ0v) is 12.9. The summed E-state index contributed by atoms with van der Waals surface area (Å²) in [5.41, 5.74) is 0.145. The molecule has 5 nitrogen and oxygen atoms in total. The number of hydrogen-bond donors (Lipinski definition) is 1. The highest BCUT2D eigenvalue weighted by Gasteiger charge is 2.65. The van der Waals surface area contributed by atoms with Crippen LogP contribution in [0.15, 0.2) is 0 Å². The molecule has 4 unspecified atom stereocenters. The number of aromatic nitrogens is 1. The van der Waals surface area contributed by atoms with Crippen LogP contribution in [0.2, 0.25) is 0 Å². The molecule has 1 heterocycles. The summed E-state index contributed by atoms with van der Waals surface area (Å²) >= 11 is 1.27. The first-order chi connectivity index (χ1) is 10.1. The van der Waals surface area contributed by atoms with Gasteiger partial charge in [-0.15, -0.1) is 0 Å². The van der Waals surface area contributed by atoms with Gasteiger partial charge < -0.3 is 10.1 Å². The molecule has 2 bridgehead atoms. The molecule has 0 spiro atoms. The second-order valence-electron chi connectivity index (χ2n) is 6.40. The van der Waals surface area contributed by atoms with Crippen LogP contribution < -0.4 is 5.32 Å². The lowest BCUT2D eigenvalue weighted by Gasteiger charge is -2.08. The normalized spacial score (nSPS) is 35.4. The fraction of sp³-hybridized carbons (Fsp3) is 0.667. The second kappa shape index (κ2) is 4.53. The summed E-state index contributed by atoms with van der Waals surface area (Å²) in [6.07, 6.45) is 4.14. The monoisotopic (exact) mass is 306 g/mol. The van der Waals surface area contributed by atoms with Crippen molar-refractivity contribution >= 4 is 28.2 Å². The molecule has 112 valence electrons. The molecule has 0 aliphatic heterocycles. The maximum absolute atomic E-state index is 11.7. The van der Waals surface area contributed by atoms with E-state index in [4.69, 9.17) is 4.74 Å². The van der Waals surface area contributed by atoms with Gasteiger partial charge in [-0.25, -0.2) is 9.78 Å². The van der Waals surface area contributed by atoms with E-state index in [1.807, 2.05) is 0 Å². The van der Waals surface area contributed by atoms with Gasteiger partial charge in [-0.1, -0.05) is 11.3 Å². The van der Waals surface area contributed by atoms with Crippen LogP contribution in [0.4, 0.5) is 5.13 Å². The Morgan fingerprint density at radius 3 is 2.52 bits per heavy atom. The minimum atomic E-state index is -0.541. The number of Topliss-reactive ketones (excluding diaryl/α,β-unsaturated/α-hetero) is 1. The quantitative estimate of drug-likeness (QED) is 0.684. The minimum Gasteiger partial charge on any atom is -0.464 e. The third kappa shape index (κ3) is 1.92. The van der Waals surface area contributed by atoms with E-state index in [9.17, 15) is 9.59 Å². The van der Waals surface area contributed by atoms with Crippen LogP contribution in [-0.2, 0) is 4.74 Å². The van der Waals surface area contributed by atoms with Crippen LogP contribution in [0.1, 0.15) is 46.3 Å². The molecule has 3 saturated carbocycles. The SMILES string of the molecule is COC(=O)c1nc(NC2C3C4CCC(C4)C23)sc1C(C)=O. The van der Waals surface area contributed by atoms with Gasteiger partial charge in [0.25, 0.3) is 0 Å². The zero-order valence-electron chi connectivity index (χ0n) is 12.1. The summed E-state index contributed by atoms with van der Waals surface area (Å²) in [7, 11) is 1.31. The van der Waals surface area contributed by atoms with E-state index in [1.165, 1.54) is 44.6 Å². The van der Waals surface area contributed by atoms with Crippen molar-refractivity contribution in [2.75, 3.05) is 12.4 Å². The van der Waals surface area contributed by atoms with E-state index in [0.29, 0.717) is 16.1 Å². The number of thiazole rings is 1. The highest BCUT2D eigenvalue weighted by atomic mass is 32.1. The Bertz CT molecular complexity index is 610. The van der Waals surface area contributed by atoms with Crippen LogP contribution in [0.25, 0.3) is 0 Å². The van der Waals surface area contributed by atoms with Crippen molar-refractivity contribution in [2.45, 2.75) is 32.2 Å². The van der Waals surface area contributed by atoms with Gasteiger partial charge in [0.1, 0.15) is 4.88 Å². The number of carbonyl (C=O) groups excluding carboxylic acids is 2. The molecule has 3 aliphatic carbocycles. The van der Waals surface area contributed by atoms with E-state index in [-0.39, 0.29) is 11.5 Å². The lowest BCUT2D eigenvalue weighted by atomic mass is 10.0. The van der Waals surface area contributed by atoms with Crippen molar-refractivity contribution in [3.63, 3.8) is 0 Å². The van der Waals surface area contributed by atoms with Gasteiger partial charge >= 0.3 is 5.97 Å². The lowest BCUT2D eigenvalue weighted by molar-refractivity contribution is 0.0591. The Labute approximate surface area is 127 Å². The molecule has 6 heteroatoms. The van der Waals surface area contributed by atoms with Crippen LogP contribution >= 0.6 is 11.3 Å². The first-order valence-corrected chi connectivity index (χ1v) is 8.28. The van der Waals surface area contributed by atoms with E-state index in [0.717, 1.165) is 23.7 Å². The van der Waals surface area contributed by atoms with Gasteiger partial charge in [0, 0.05) is 13.0 Å².